The van der Waals surface area contributed by atoms with Crippen LogP contribution in [0.3, 0.4) is 0 Å². The van der Waals surface area contributed by atoms with E-state index >= 15 is 0 Å². The molecule has 0 aromatic carbocycles. The number of carbonyl (C=O) groups excluding carboxylic acids is 1. The number of hydrogen-bond donors (Lipinski definition) is 0. The highest BCUT2D eigenvalue weighted by atomic mass is 16.1. The van der Waals surface area contributed by atoms with Crippen molar-refractivity contribution < 1.29 is 4.79 Å². The molecule has 114 valence electrons. The first kappa shape index (κ1) is 13.8. The van der Waals surface area contributed by atoms with Gasteiger partial charge in [0.2, 0.25) is 0 Å². The van der Waals surface area contributed by atoms with E-state index in [1.165, 1.54) is 44.9 Å². The van der Waals surface area contributed by atoms with E-state index in [9.17, 15) is 4.79 Å². The number of rotatable bonds is 1. The van der Waals surface area contributed by atoms with Crippen molar-refractivity contribution in [1.82, 2.24) is 0 Å². The molecule has 0 heterocycles. The van der Waals surface area contributed by atoms with Gasteiger partial charge < -0.3 is 4.79 Å². The van der Waals surface area contributed by atoms with Crippen LogP contribution in [0, 0.1) is 34.5 Å². The molecule has 0 spiro atoms. The lowest BCUT2D eigenvalue weighted by atomic mass is 9.48. The average molecular weight is 284 g/mol. The molecule has 0 bridgehead atoms. The molecule has 0 amide bonds. The van der Waals surface area contributed by atoms with E-state index in [1.54, 1.807) is 5.57 Å². The largest absolute Gasteiger partial charge is 0.302 e. The Morgan fingerprint density at radius 1 is 1.14 bits per heavy atom. The third kappa shape index (κ3) is 1.85. The second-order valence-corrected chi connectivity index (χ2v) is 8.55. The third-order valence-corrected chi connectivity index (χ3v) is 7.64. The van der Waals surface area contributed by atoms with Crippen molar-refractivity contribution >= 4 is 6.29 Å². The molecule has 3 saturated carbocycles. The van der Waals surface area contributed by atoms with Gasteiger partial charge in [-0.1, -0.05) is 44.1 Å². The summed E-state index contributed by atoms with van der Waals surface area (Å²) in [6.07, 6.45) is 17.7. The summed E-state index contributed by atoms with van der Waals surface area (Å²) in [6.45, 7) is 5.01. The van der Waals surface area contributed by atoms with E-state index < -0.39 is 0 Å². The molecule has 1 heteroatoms. The van der Waals surface area contributed by atoms with E-state index in [0.717, 1.165) is 24.0 Å². The maximum atomic E-state index is 11.1. The maximum absolute atomic E-state index is 11.1. The summed E-state index contributed by atoms with van der Waals surface area (Å²) in [6, 6.07) is 0. The number of allylic oxidation sites excluding steroid dienone is 4. The number of aldehydes is 1. The van der Waals surface area contributed by atoms with Crippen LogP contribution < -0.4 is 0 Å². The highest BCUT2D eigenvalue weighted by Gasteiger charge is 2.55. The predicted octanol–water partition coefficient (Wildman–Crippen LogP) is 4.93. The highest BCUT2D eigenvalue weighted by molar-refractivity contribution is 5.61. The summed E-state index contributed by atoms with van der Waals surface area (Å²) in [4.78, 5) is 11.1. The van der Waals surface area contributed by atoms with Gasteiger partial charge in [-0.05, 0) is 61.7 Å². The van der Waals surface area contributed by atoms with E-state index in [0.29, 0.717) is 5.41 Å². The SMILES string of the molecule is C[C@@]12CCC[C@H]1[C@@H]1CCC3=CC(C=O)C=C[C@]3(C)[C@H]1CC2. The molecular formula is C20H28O. The smallest absolute Gasteiger partial charge is 0.130 e. The lowest BCUT2D eigenvalue weighted by Crippen LogP contribution is -2.48. The molecule has 4 aliphatic rings. The van der Waals surface area contributed by atoms with Gasteiger partial charge in [0.05, 0.1) is 5.92 Å². The zero-order valence-corrected chi connectivity index (χ0v) is 13.5. The van der Waals surface area contributed by atoms with Gasteiger partial charge in [0.25, 0.3) is 0 Å². The first-order valence-corrected chi connectivity index (χ1v) is 8.93. The Kier molecular flexibility index (Phi) is 3.00. The molecule has 4 rings (SSSR count). The summed E-state index contributed by atoms with van der Waals surface area (Å²) in [5, 5.41) is 0. The molecule has 0 radical (unpaired) electrons. The van der Waals surface area contributed by atoms with Crippen molar-refractivity contribution in [2.45, 2.75) is 58.8 Å². The Morgan fingerprint density at radius 2 is 2.00 bits per heavy atom. The van der Waals surface area contributed by atoms with Crippen LogP contribution >= 0.6 is 0 Å². The van der Waals surface area contributed by atoms with Crippen molar-refractivity contribution in [3.8, 4) is 0 Å². The van der Waals surface area contributed by atoms with Gasteiger partial charge in [0.15, 0.2) is 0 Å². The van der Waals surface area contributed by atoms with E-state index in [4.69, 9.17) is 0 Å². The van der Waals surface area contributed by atoms with Crippen LogP contribution in [-0.2, 0) is 4.79 Å². The van der Waals surface area contributed by atoms with Gasteiger partial charge in [0, 0.05) is 5.41 Å². The fraction of sp³-hybridized carbons (Fsp3) is 0.750. The highest BCUT2D eigenvalue weighted by Crippen LogP contribution is 2.64. The van der Waals surface area contributed by atoms with Crippen molar-refractivity contribution in [2.75, 3.05) is 0 Å². The molecular weight excluding hydrogens is 256 g/mol. The Hall–Kier alpha value is -0.850. The number of hydrogen-bond acceptors (Lipinski definition) is 1. The normalized spacial score (nSPS) is 51.6. The topological polar surface area (TPSA) is 17.1 Å². The summed E-state index contributed by atoms with van der Waals surface area (Å²) in [7, 11) is 0. The third-order valence-electron chi connectivity index (χ3n) is 7.64. The lowest BCUT2D eigenvalue weighted by Gasteiger charge is -2.56. The molecule has 0 aromatic rings. The second kappa shape index (κ2) is 4.57. The molecule has 6 atom stereocenters. The van der Waals surface area contributed by atoms with Crippen molar-refractivity contribution in [2.24, 2.45) is 34.5 Å². The summed E-state index contributed by atoms with van der Waals surface area (Å²) in [5.74, 6) is 2.74. The monoisotopic (exact) mass is 284 g/mol. The summed E-state index contributed by atoms with van der Waals surface area (Å²) < 4.78 is 0. The van der Waals surface area contributed by atoms with Gasteiger partial charge in [0.1, 0.15) is 6.29 Å². The fourth-order valence-corrected chi connectivity index (χ4v) is 6.43. The molecule has 3 fully saturated rings. The summed E-state index contributed by atoms with van der Waals surface area (Å²) in [5.41, 5.74) is 2.44. The van der Waals surface area contributed by atoms with E-state index in [1.807, 2.05) is 0 Å². The maximum Gasteiger partial charge on any atom is 0.130 e. The van der Waals surface area contributed by atoms with Gasteiger partial charge in [-0.15, -0.1) is 0 Å². The average Bonchev–Trinajstić information content (AvgIpc) is 2.88. The van der Waals surface area contributed by atoms with Crippen LogP contribution in [0.5, 0.6) is 0 Å². The Morgan fingerprint density at radius 3 is 2.81 bits per heavy atom. The predicted molar refractivity (Wildman–Crippen MR) is 85.8 cm³/mol. The van der Waals surface area contributed by atoms with Crippen molar-refractivity contribution in [3.05, 3.63) is 23.8 Å². The molecule has 21 heavy (non-hydrogen) atoms. The molecule has 0 N–H and O–H groups in total. The first-order chi connectivity index (χ1) is 10.1. The Balaban J connectivity index is 1.68. The van der Waals surface area contributed by atoms with Crippen molar-refractivity contribution in [3.63, 3.8) is 0 Å². The Bertz CT molecular complexity index is 516. The molecule has 1 unspecified atom stereocenters. The van der Waals surface area contributed by atoms with Crippen molar-refractivity contribution in [1.29, 1.82) is 0 Å². The van der Waals surface area contributed by atoms with Gasteiger partial charge in [-0.2, -0.15) is 0 Å². The zero-order valence-electron chi connectivity index (χ0n) is 13.5. The second-order valence-electron chi connectivity index (χ2n) is 8.55. The van der Waals surface area contributed by atoms with Crippen LogP contribution in [0.25, 0.3) is 0 Å². The number of carbonyl (C=O) groups is 1. The quantitative estimate of drug-likeness (QED) is 0.493. The first-order valence-electron chi connectivity index (χ1n) is 8.93. The minimum Gasteiger partial charge on any atom is -0.302 e. The van der Waals surface area contributed by atoms with Gasteiger partial charge >= 0.3 is 0 Å². The lowest BCUT2D eigenvalue weighted by molar-refractivity contribution is -0.109. The molecule has 0 aliphatic heterocycles. The van der Waals surface area contributed by atoms with Crippen LogP contribution in [0.1, 0.15) is 58.8 Å². The molecule has 0 saturated heterocycles. The van der Waals surface area contributed by atoms with Crippen LogP contribution in [0.4, 0.5) is 0 Å². The molecule has 4 aliphatic carbocycles. The van der Waals surface area contributed by atoms with Crippen LogP contribution in [0.15, 0.2) is 23.8 Å². The number of fused-ring (bicyclic) bond motifs is 5. The molecule has 0 aromatic heterocycles. The standard InChI is InChI=1S/C20H28O/c1-19-9-3-4-17(19)16-6-5-15-12-14(13-21)7-11-20(15,2)18(16)8-10-19/h7,11-14,16-18H,3-6,8-10H2,1-2H3/t14?,16-,17-,18-,19-,20-/m0/s1. The van der Waals surface area contributed by atoms with E-state index in [2.05, 4.69) is 32.1 Å². The fourth-order valence-electron chi connectivity index (χ4n) is 6.43. The van der Waals surface area contributed by atoms with Gasteiger partial charge in [-0.3, -0.25) is 0 Å². The van der Waals surface area contributed by atoms with Crippen LogP contribution in [0.2, 0.25) is 0 Å². The summed E-state index contributed by atoms with van der Waals surface area (Å²) >= 11 is 0. The van der Waals surface area contributed by atoms with Crippen LogP contribution in [-0.4, -0.2) is 6.29 Å². The molecule has 1 nitrogen and oxygen atoms in total. The zero-order chi connectivity index (χ0) is 14.7. The van der Waals surface area contributed by atoms with Gasteiger partial charge in [-0.25, -0.2) is 0 Å². The van der Waals surface area contributed by atoms with E-state index in [-0.39, 0.29) is 11.3 Å². The Labute approximate surface area is 128 Å². The minimum absolute atomic E-state index is 0.0324. The minimum atomic E-state index is 0.0324.